The lowest BCUT2D eigenvalue weighted by Gasteiger charge is -2.24. The van der Waals surface area contributed by atoms with Gasteiger partial charge >= 0.3 is 5.97 Å². The third kappa shape index (κ3) is 6.05. The Labute approximate surface area is 252 Å². The van der Waals surface area contributed by atoms with E-state index >= 15 is 0 Å². The molecule has 5 rings (SSSR count). The second-order valence-electron chi connectivity index (χ2n) is 12.5. The van der Waals surface area contributed by atoms with E-state index in [2.05, 4.69) is 36.6 Å². The summed E-state index contributed by atoms with van der Waals surface area (Å²) in [5, 5.41) is 11.8. The number of carbonyl (C=O) groups is 2. The summed E-state index contributed by atoms with van der Waals surface area (Å²) >= 11 is 6.16. The maximum atomic E-state index is 12.5. The van der Waals surface area contributed by atoms with Crippen LogP contribution in [-0.4, -0.2) is 34.2 Å². The van der Waals surface area contributed by atoms with Gasteiger partial charge in [-0.15, -0.1) is 0 Å². The van der Waals surface area contributed by atoms with E-state index in [-0.39, 0.29) is 11.9 Å². The van der Waals surface area contributed by atoms with Gasteiger partial charge in [0.15, 0.2) is 0 Å². The van der Waals surface area contributed by atoms with Crippen molar-refractivity contribution >= 4 is 40.1 Å². The molecule has 4 aromatic rings. The highest BCUT2D eigenvalue weighted by molar-refractivity contribution is 6.30. The molecule has 0 radical (unpaired) electrons. The highest BCUT2D eigenvalue weighted by atomic mass is 35.5. The van der Waals surface area contributed by atoms with Gasteiger partial charge in [-0.1, -0.05) is 55.8 Å². The summed E-state index contributed by atoms with van der Waals surface area (Å²) in [6.45, 7) is 10.5. The SMILES string of the molecule is CC(=O)N1c2ccccc2C[C@H]1COc1ccc2c(c1)c(CC(C)C)c(CC(C)(C)C(=O)O)n2Cc1ccc(Cl)cc1. The molecule has 1 aliphatic rings. The molecule has 0 aliphatic carbocycles. The molecule has 1 atom stereocenters. The number of ether oxygens (including phenoxy) is 1. The molecule has 1 amide bonds. The summed E-state index contributed by atoms with van der Waals surface area (Å²) in [6, 6.07) is 21.9. The van der Waals surface area contributed by atoms with E-state index in [0.717, 1.165) is 57.6 Å². The Hall–Kier alpha value is -3.77. The zero-order valence-electron chi connectivity index (χ0n) is 25.0. The van der Waals surface area contributed by atoms with Crippen LogP contribution in [0.3, 0.4) is 0 Å². The number of carboxylic acids is 1. The first-order valence-electron chi connectivity index (χ1n) is 14.6. The van der Waals surface area contributed by atoms with Crippen LogP contribution < -0.4 is 9.64 Å². The average Bonchev–Trinajstić information content (AvgIpc) is 3.44. The van der Waals surface area contributed by atoms with Crippen molar-refractivity contribution in [2.24, 2.45) is 11.3 Å². The lowest BCUT2D eigenvalue weighted by Crippen LogP contribution is -2.40. The minimum atomic E-state index is -0.940. The zero-order chi connectivity index (χ0) is 30.2. The van der Waals surface area contributed by atoms with Crippen LogP contribution in [0, 0.1) is 11.3 Å². The summed E-state index contributed by atoms with van der Waals surface area (Å²) < 4.78 is 8.64. The number of aliphatic carboxylic acids is 1. The number of aromatic nitrogens is 1. The number of para-hydroxylation sites is 1. The van der Waals surface area contributed by atoms with Gasteiger partial charge in [0.2, 0.25) is 5.91 Å². The van der Waals surface area contributed by atoms with Crippen LogP contribution in [0.5, 0.6) is 5.75 Å². The van der Waals surface area contributed by atoms with Crippen LogP contribution in [0.25, 0.3) is 10.9 Å². The molecule has 0 saturated heterocycles. The number of carbonyl (C=O) groups excluding carboxylic acids is 1. The van der Waals surface area contributed by atoms with Crippen LogP contribution in [0.15, 0.2) is 66.7 Å². The van der Waals surface area contributed by atoms with Gasteiger partial charge in [-0.05, 0) is 85.7 Å². The number of amides is 1. The molecule has 0 unspecified atom stereocenters. The van der Waals surface area contributed by atoms with E-state index in [1.165, 1.54) is 0 Å². The predicted molar refractivity (Wildman–Crippen MR) is 169 cm³/mol. The number of carboxylic acid groups (broad SMARTS) is 1. The zero-order valence-corrected chi connectivity index (χ0v) is 25.7. The van der Waals surface area contributed by atoms with Crippen molar-refractivity contribution in [2.45, 2.75) is 66.5 Å². The Morgan fingerprint density at radius 1 is 1.07 bits per heavy atom. The van der Waals surface area contributed by atoms with Crippen molar-refractivity contribution in [3.05, 3.63) is 94.1 Å². The molecule has 7 heteroatoms. The van der Waals surface area contributed by atoms with E-state index in [1.807, 2.05) is 53.4 Å². The van der Waals surface area contributed by atoms with Gasteiger partial charge in [-0.25, -0.2) is 0 Å². The van der Waals surface area contributed by atoms with Gasteiger partial charge in [-0.2, -0.15) is 0 Å². The molecular weight excluding hydrogens is 548 g/mol. The minimum Gasteiger partial charge on any atom is -0.491 e. The van der Waals surface area contributed by atoms with Crippen molar-refractivity contribution < 1.29 is 19.4 Å². The molecule has 1 N–H and O–H groups in total. The summed E-state index contributed by atoms with van der Waals surface area (Å²) in [6.07, 6.45) is 1.97. The Bertz CT molecular complexity index is 1620. The molecule has 1 aliphatic heterocycles. The summed E-state index contributed by atoms with van der Waals surface area (Å²) in [5.41, 5.74) is 5.50. The molecule has 3 aromatic carbocycles. The van der Waals surface area contributed by atoms with Gasteiger partial charge in [0.1, 0.15) is 12.4 Å². The van der Waals surface area contributed by atoms with Gasteiger partial charge in [0.25, 0.3) is 0 Å². The number of fused-ring (bicyclic) bond motifs is 2. The molecule has 0 saturated carbocycles. The summed E-state index contributed by atoms with van der Waals surface area (Å²) in [5.74, 6) is 0.294. The van der Waals surface area contributed by atoms with Crippen molar-refractivity contribution in [3.8, 4) is 5.75 Å². The van der Waals surface area contributed by atoms with Gasteiger partial charge < -0.3 is 19.3 Å². The van der Waals surface area contributed by atoms with Gasteiger partial charge in [-0.3, -0.25) is 9.59 Å². The van der Waals surface area contributed by atoms with Crippen LogP contribution in [0.2, 0.25) is 5.02 Å². The fourth-order valence-corrected chi connectivity index (χ4v) is 6.17. The van der Waals surface area contributed by atoms with E-state index in [4.69, 9.17) is 16.3 Å². The third-order valence-electron chi connectivity index (χ3n) is 8.17. The van der Waals surface area contributed by atoms with Crippen LogP contribution >= 0.6 is 11.6 Å². The van der Waals surface area contributed by atoms with E-state index in [1.54, 1.807) is 20.8 Å². The molecule has 6 nitrogen and oxygen atoms in total. The topological polar surface area (TPSA) is 71.8 Å². The second kappa shape index (κ2) is 11.8. The van der Waals surface area contributed by atoms with Crippen molar-refractivity contribution in [1.82, 2.24) is 4.57 Å². The standard InChI is InChI=1S/C35H39ClN2O4/c1-22(2)16-29-30-18-28(42-21-27-17-25-8-6-7-9-31(25)38(27)23(3)39)14-15-32(30)37(20-24-10-12-26(36)13-11-24)33(29)19-35(4,5)34(40)41/h6-15,18,22,27H,16-17,19-21H2,1-5H3,(H,40,41)/t27-/m0/s1. The summed E-state index contributed by atoms with van der Waals surface area (Å²) in [4.78, 5) is 26.6. The monoisotopic (exact) mass is 586 g/mol. The molecule has 0 fully saturated rings. The number of nitrogens with zero attached hydrogens (tertiary/aromatic N) is 2. The summed E-state index contributed by atoms with van der Waals surface area (Å²) in [7, 11) is 0. The molecule has 0 spiro atoms. The molecule has 1 aromatic heterocycles. The quantitative estimate of drug-likeness (QED) is 0.208. The maximum absolute atomic E-state index is 12.5. The fraction of sp³-hybridized carbons (Fsp3) is 0.371. The highest BCUT2D eigenvalue weighted by Gasteiger charge is 2.33. The second-order valence-corrected chi connectivity index (χ2v) is 12.9. The Kier molecular flexibility index (Phi) is 8.38. The Balaban J connectivity index is 1.54. The first kappa shape index (κ1) is 29.7. The van der Waals surface area contributed by atoms with Crippen LogP contribution in [0.1, 0.15) is 57.0 Å². The van der Waals surface area contributed by atoms with Gasteiger partial charge in [0, 0.05) is 47.2 Å². The van der Waals surface area contributed by atoms with E-state index in [0.29, 0.717) is 30.5 Å². The number of hydrogen-bond acceptors (Lipinski definition) is 3. The molecule has 2 heterocycles. The van der Waals surface area contributed by atoms with E-state index < -0.39 is 11.4 Å². The largest absolute Gasteiger partial charge is 0.491 e. The Morgan fingerprint density at radius 3 is 2.45 bits per heavy atom. The normalized spacial score (nSPS) is 14.9. The number of benzene rings is 3. The van der Waals surface area contributed by atoms with E-state index in [9.17, 15) is 14.7 Å². The van der Waals surface area contributed by atoms with Crippen molar-refractivity contribution in [3.63, 3.8) is 0 Å². The number of hydrogen-bond donors (Lipinski definition) is 1. The fourth-order valence-electron chi connectivity index (χ4n) is 6.04. The first-order valence-corrected chi connectivity index (χ1v) is 14.9. The van der Waals surface area contributed by atoms with Crippen molar-refractivity contribution in [2.75, 3.05) is 11.5 Å². The molecule has 42 heavy (non-hydrogen) atoms. The molecule has 220 valence electrons. The number of anilines is 1. The lowest BCUT2D eigenvalue weighted by molar-refractivity contribution is -0.146. The maximum Gasteiger partial charge on any atom is 0.309 e. The van der Waals surface area contributed by atoms with Crippen LogP contribution in [-0.2, 0) is 35.4 Å². The molecule has 0 bridgehead atoms. The lowest BCUT2D eigenvalue weighted by atomic mass is 9.85. The van der Waals surface area contributed by atoms with Crippen LogP contribution in [0.4, 0.5) is 5.69 Å². The smallest absolute Gasteiger partial charge is 0.309 e. The third-order valence-corrected chi connectivity index (χ3v) is 8.42. The highest BCUT2D eigenvalue weighted by Crippen LogP contribution is 2.37. The number of rotatable bonds is 10. The molecular formula is C35H39ClN2O4. The first-order chi connectivity index (χ1) is 19.9. The number of halogens is 1. The van der Waals surface area contributed by atoms with Gasteiger partial charge in [0.05, 0.1) is 11.5 Å². The Morgan fingerprint density at radius 2 is 1.79 bits per heavy atom. The minimum absolute atomic E-state index is 0.00758. The average molecular weight is 587 g/mol. The van der Waals surface area contributed by atoms with Crippen molar-refractivity contribution in [1.29, 1.82) is 0 Å². The predicted octanol–water partition coefficient (Wildman–Crippen LogP) is 7.55.